The number of nitrogens with one attached hydrogen (secondary N) is 1. The second-order valence-electron chi connectivity index (χ2n) is 9.19. The molecule has 8 nitrogen and oxygen atoms in total. The number of aryl methyl sites for hydroxylation is 1. The van der Waals surface area contributed by atoms with E-state index in [1.54, 1.807) is 13.8 Å². The lowest BCUT2D eigenvalue weighted by molar-refractivity contribution is -0.159. The van der Waals surface area contributed by atoms with Crippen LogP contribution in [-0.4, -0.2) is 72.3 Å². The van der Waals surface area contributed by atoms with E-state index in [1.165, 1.54) is 4.90 Å². The lowest BCUT2D eigenvalue weighted by Crippen LogP contribution is -2.60. The molecule has 0 saturated carbocycles. The van der Waals surface area contributed by atoms with Gasteiger partial charge in [0, 0.05) is 19.8 Å². The normalized spacial score (nSPS) is 21.9. The molecule has 3 rings (SSSR count). The summed E-state index contributed by atoms with van der Waals surface area (Å²) in [5, 5.41) is 12.9. The van der Waals surface area contributed by atoms with E-state index in [0.29, 0.717) is 39.0 Å². The fourth-order valence-corrected chi connectivity index (χ4v) is 4.94. The monoisotopic (exact) mass is 460 g/mol. The molecule has 1 amide bonds. The van der Waals surface area contributed by atoms with Crippen molar-refractivity contribution in [3.8, 4) is 0 Å². The SMILES string of the molecule is CCOC(=O)[C@H](CCc1ccccc1)NC(C)C(=O)N1CC2(CCOCC2)CC[C@H]1C(=O)O. The maximum atomic E-state index is 13.4. The lowest BCUT2D eigenvalue weighted by atomic mass is 9.72. The zero-order valence-electron chi connectivity index (χ0n) is 19.6. The van der Waals surface area contributed by atoms with Crippen molar-refractivity contribution in [2.75, 3.05) is 26.4 Å². The second-order valence-corrected chi connectivity index (χ2v) is 9.19. The van der Waals surface area contributed by atoms with Crippen molar-refractivity contribution in [1.82, 2.24) is 10.2 Å². The summed E-state index contributed by atoms with van der Waals surface area (Å²) in [5.41, 5.74) is 1.00. The van der Waals surface area contributed by atoms with Gasteiger partial charge in [0.05, 0.1) is 12.6 Å². The van der Waals surface area contributed by atoms with Crippen molar-refractivity contribution in [2.24, 2.45) is 5.41 Å². The van der Waals surface area contributed by atoms with E-state index in [-0.39, 0.29) is 17.9 Å². The molecule has 182 valence electrons. The van der Waals surface area contributed by atoms with E-state index >= 15 is 0 Å². The number of carbonyl (C=O) groups is 3. The van der Waals surface area contributed by atoms with Crippen molar-refractivity contribution in [3.05, 3.63) is 35.9 Å². The summed E-state index contributed by atoms with van der Waals surface area (Å²) < 4.78 is 10.7. The van der Waals surface area contributed by atoms with Gasteiger partial charge in [0.15, 0.2) is 0 Å². The maximum Gasteiger partial charge on any atom is 0.326 e. The molecule has 33 heavy (non-hydrogen) atoms. The summed E-state index contributed by atoms with van der Waals surface area (Å²) in [4.78, 5) is 39.5. The molecular formula is C25H36N2O6. The van der Waals surface area contributed by atoms with Crippen LogP contribution in [0.15, 0.2) is 30.3 Å². The molecule has 1 aromatic carbocycles. The number of benzene rings is 1. The first kappa shape index (κ1) is 25.2. The van der Waals surface area contributed by atoms with Gasteiger partial charge in [0.1, 0.15) is 12.1 Å². The molecule has 1 unspecified atom stereocenters. The highest BCUT2D eigenvalue weighted by molar-refractivity contribution is 5.88. The third kappa shape index (κ3) is 6.54. The molecule has 2 fully saturated rings. The van der Waals surface area contributed by atoms with Gasteiger partial charge in [-0.3, -0.25) is 14.9 Å². The largest absolute Gasteiger partial charge is 0.480 e. The molecule has 0 bridgehead atoms. The fourth-order valence-electron chi connectivity index (χ4n) is 4.94. The van der Waals surface area contributed by atoms with Crippen LogP contribution in [0.25, 0.3) is 0 Å². The zero-order chi connectivity index (χ0) is 23.8. The molecule has 2 aliphatic rings. The summed E-state index contributed by atoms with van der Waals surface area (Å²) in [6.07, 6.45) is 4.00. The Balaban J connectivity index is 1.70. The van der Waals surface area contributed by atoms with E-state index < -0.39 is 30.1 Å². The number of aliphatic carboxylic acids is 1. The minimum absolute atomic E-state index is 0.0898. The summed E-state index contributed by atoms with van der Waals surface area (Å²) in [7, 11) is 0. The standard InChI is InChI=1S/C25H36N2O6/c1-3-33-24(31)20(10-9-19-7-5-4-6-8-19)26-18(2)22(28)27-17-25(13-15-32-16-14-25)12-11-21(27)23(29)30/h4-8,18,20-21,26H,3,9-17H2,1-2H3,(H,29,30)/t18?,20-,21-/m0/s1. The highest BCUT2D eigenvalue weighted by atomic mass is 16.5. The van der Waals surface area contributed by atoms with Crippen LogP contribution in [0.3, 0.4) is 0 Å². The number of esters is 1. The molecule has 2 saturated heterocycles. The van der Waals surface area contributed by atoms with Crippen LogP contribution in [0.5, 0.6) is 0 Å². The van der Waals surface area contributed by atoms with Crippen molar-refractivity contribution in [3.63, 3.8) is 0 Å². The van der Waals surface area contributed by atoms with E-state index in [4.69, 9.17) is 9.47 Å². The Morgan fingerprint density at radius 1 is 1.21 bits per heavy atom. The van der Waals surface area contributed by atoms with Gasteiger partial charge in [-0.05, 0) is 63.4 Å². The van der Waals surface area contributed by atoms with Crippen LogP contribution >= 0.6 is 0 Å². The molecule has 0 aromatic heterocycles. The summed E-state index contributed by atoms with van der Waals surface area (Å²) in [6.45, 7) is 5.38. The van der Waals surface area contributed by atoms with E-state index in [9.17, 15) is 19.5 Å². The molecule has 2 heterocycles. The number of piperidine rings is 1. The molecule has 0 radical (unpaired) electrons. The lowest BCUT2D eigenvalue weighted by Gasteiger charge is -2.48. The van der Waals surface area contributed by atoms with Gasteiger partial charge < -0.3 is 19.5 Å². The summed E-state index contributed by atoms with van der Waals surface area (Å²) in [6, 6.07) is 7.60. The van der Waals surface area contributed by atoms with Crippen molar-refractivity contribution in [1.29, 1.82) is 0 Å². The van der Waals surface area contributed by atoms with Crippen molar-refractivity contribution >= 4 is 17.8 Å². The molecule has 8 heteroatoms. The third-order valence-corrected chi connectivity index (χ3v) is 6.91. The highest BCUT2D eigenvalue weighted by Crippen LogP contribution is 2.41. The second kappa shape index (κ2) is 11.6. The number of rotatable bonds is 9. The molecule has 1 spiro atoms. The van der Waals surface area contributed by atoms with Crippen molar-refractivity contribution < 1.29 is 29.0 Å². The van der Waals surface area contributed by atoms with E-state index in [0.717, 1.165) is 24.8 Å². The Kier molecular flexibility index (Phi) is 8.86. The molecule has 1 aromatic rings. The van der Waals surface area contributed by atoms with Gasteiger partial charge in [0.2, 0.25) is 5.91 Å². The third-order valence-electron chi connectivity index (χ3n) is 6.91. The number of likely N-dealkylation sites (tertiary alicyclic amines) is 1. The Hall–Kier alpha value is -2.45. The Labute approximate surface area is 195 Å². The van der Waals surface area contributed by atoms with Gasteiger partial charge in [-0.25, -0.2) is 4.79 Å². The summed E-state index contributed by atoms with van der Waals surface area (Å²) in [5.74, 6) is -1.67. The Bertz CT molecular complexity index is 808. The number of hydrogen-bond acceptors (Lipinski definition) is 6. The number of carbonyl (C=O) groups excluding carboxylic acids is 2. The zero-order valence-corrected chi connectivity index (χ0v) is 19.6. The van der Waals surface area contributed by atoms with Crippen LogP contribution in [-0.2, 0) is 30.3 Å². The molecule has 2 aliphatic heterocycles. The highest BCUT2D eigenvalue weighted by Gasteiger charge is 2.45. The minimum Gasteiger partial charge on any atom is -0.480 e. The number of hydrogen-bond donors (Lipinski definition) is 2. The van der Waals surface area contributed by atoms with Gasteiger partial charge in [-0.15, -0.1) is 0 Å². The van der Waals surface area contributed by atoms with Gasteiger partial charge in [0.25, 0.3) is 0 Å². The van der Waals surface area contributed by atoms with Crippen LogP contribution in [0.4, 0.5) is 0 Å². The average molecular weight is 461 g/mol. The molecule has 0 aliphatic carbocycles. The van der Waals surface area contributed by atoms with Crippen LogP contribution in [0.1, 0.15) is 51.5 Å². The van der Waals surface area contributed by atoms with E-state index in [1.807, 2.05) is 30.3 Å². The molecule has 3 atom stereocenters. The number of amides is 1. The topological polar surface area (TPSA) is 105 Å². The average Bonchev–Trinajstić information content (AvgIpc) is 2.82. The van der Waals surface area contributed by atoms with Crippen LogP contribution in [0, 0.1) is 5.41 Å². The first-order valence-corrected chi connectivity index (χ1v) is 11.9. The van der Waals surface area contributed by atoms with E-state index in [2.05, 4.69) is 5.32 Å². The first-order valence-electron chi connectivity index (χ1n) is 11.9. The number of carboxylic acid groups (broad SMARTS) is 1. The Morgan fingerprint density at radius 2 is 1.91 bits per heavy atom. The van der Waals surface area contributed by atoms with Gasteiger partial charge >= 0.3 is 11.9 Å². The summed E-state index contributed by atoms with van der Waals surface area (Å²) >= 11 is 0. The van der Waals surface area contributed by atoms with Crippen LogP contribution < -0.4 is 5.32 Å². The van der Waals surface area contributed by atoms with Gasteiger partial charge in [-0.1, -0.05) is 30.3 Å². The first-order chi connectivity index (χ1) is 15.8. The van der Waals surface area contributed by atoms with Crippen LogP contribution in [0.2, 0.25) is 0 Å². The fraction of sp³-hybridized carbons (Fsp3) is 0.640. The quantitative estimate of drug-likeness (QED) is 0.545. The molecular weight excluding hydrogens is 424 g/mol. The number of ether oxygens (including phenoxy) is 2. The Morgan fingerprint density at radius 3 is 2.55 bits per heavy atom. The maximum absolute atomic E-state index is 13.4. The number of carboxylic acids is 1. The minimum atomic E-state index is -0.983. The smallest absolute Gasteiger partial charge is 0.326 e. The predicted octanol–water partition coefficient (Wildman–Crippen LogP) is 2.40. The van der Waals surface area contributed by atoms with Crippen molar-refractivity contribution in [2.45, 2.75) is 70.5 Å². The number of nitrogens with zero attached hydrogens (tertiary/aromatic N) is 1. The van der Waals surface area contributed by atoms with Gasteiger partial charge in [-0.2, -0.15) is 0 Å². The molecule has 2 N–H and O–H groups in total. The predicted molar refractivity (Wildman–Crippen MR) is 123 cm³/mol.